The zero-order valence-corrected chi connectivity index (χ0v) is 19.6. The highest BCUT2D eigenvalue weighted by molar-refractivity contribution is 6.81. The Morgan fingerprint density at radius 1 is 1.08 bits per heavy atom. The molecule has 1 aromatic carbocycles. The van der Waals surface area contributed by atoms with Crippen LogP contribution in [0.25, 0.3) is 6.08 Å². The van der Waals surface area contributed by atoms with Crippen LogP contribution >= 0.6 is 0 Å². The van der Waals surface area contributed by atoms with Crippen molar-refractivity contribution in [3.63, 3.8) is 0 Å². The van der Waals surface area contributed by atoms with Crippen molar-refractivity contribution in [1.29, 1.82) is 0 Å². The van der Waals surface area contributed by atoms with Crippen LogP contribution in [0.2, 0.25) is 32.2 Å². The van der Waals surface area contributed by atoms with Gasteiger partial charge in [-0.3, -0.25) is 0 Å². The van der Waals surface area contributed by atoms with Gasteiger partial charge in [0.2, 0.25) is 0 Å². The highest BCUT2D eigenvalue weighted by Crippen LogP contribution is 2.21. The van der Waals surface area contributed by atoms with E-state index < -0.39 is 36.4 Å². The molecule has 1 aliphatic heterocycles. The van der Waals surface area contributed by atoms with Crippen LogP contribution in [-0.4, -0.2) is 49.0 Å². The number of esters is 1. The fourth-order valence-electron chi connectivity index (χ4n) is 2.54. The Morgan fingerprint density at radius 3 is 2.31 bits per heavy atom. The average molecular weight is 426 g/mol. The molecule has 2 rings (SSSR count). The molecular weight excluding hydrogens is 401 g/mol. The predicted molar refractivity (Wildman–Crippen MR) is 107 cm³/mol. The van der Waals surface area contributed by atoms with E-state index in [1.807, 2.05) is 56.5 Å². The van der Waals surface area contributed by atoms with Crippen LogP contribution in [0.3, 0.4) is 0 Å². The summed E-state index contributed by atoms with van der Waals surface area (Å²) in [5.41, 5.74) is 0.966. The summed E-state index contributed by atoms with van der Waals surface area (Å²) in [7, 11) is -6.38. The Bertz CT molecular complexity index is 586. The summed E-state index contributed by atoms with van der Waals surface area (Å²) in [6, 6.07) is 10.4. The maximum Gasteiger partial charge on any atom is 0.362 e. The standard InChI is InChI=1S/C16H25O6Si4/c1-23-19-24(2)21-26(4,22-25(3)20-23)14-8-13-18-16(17)12-11-15-9-6-5-7-10-15/h5-7,9-12H,8,13-14H2,1-4H3/b12-11+. The lowest BCUT2D eigenvalue weighted by molar-refractivity contribution is -0.137. The molecule has 1 aliphatic rings. The van der Waals surface area contributed by atoms with Gasteiger partial charge in [0, 0.05) is 6.08 Å². The smallest absolute Gasteiger partial charge is 0.362 e. The van der Waals surface area contributed by atoms with Gasteiger partial charge in [-0.1, -0.05) is 30.3 Å². The maximum atomic E-state index is 11.8. The number of carbonyl (C=O) groups is 1. The molecular formula is C16H25O6Si4. The van der Waals surface area contributed by atoms with Gasteiger partial charge in [0.25, 0.3) is 0 Å². The van der Waals surface area contributed by atoms with Gasteiger partial charge in [0.1, 0.15) is 0 Å². The Kier molecular flexibility index (Phi) is 8.63. The van der Waals surface area contributed by atoms with E-state index in [0.29, 0.717) is 13.0 Å². The van der Waals surface area contributed by atoms with Crippen molar-refractivity contribution in [3.8, 4) is 0 Å². The third-order valence-electron chi connectivity index (χ3n) is 3.53. The van der Waals surface area contributed by atoms with E-state index in [-0.39, 0.29) is 5.97 Å². The van der Waals surface area contributed by atoms with Crippen molar-refractivity contribution in [2.75, 3.05) is 6.61 Å². The zero-order chi connectivity index (χ0) is 19.0. The molecule has 0 spiro atoms. The van der Waals surface area contributed by atoms with Gasteiger partial charge in [-0.15, -0.1) is 0 Å². The van der Waals surface area contributed by atoms with Gasteiger partial charge >= 0.3 is 42.4 Å². The van der Waals surface area contributed by atoms with Gasteiger partial charge in [0.05, 0.1) is 6.61 Å². The molecule has 6 nitrogen and oxygen atoms in total. The molecule has 26 heavy (non-hydrogen) atoms. The first-order valence-corrected chi connectivity index (χ1v) is 16.5. The van der Waals surface area contributed by atoms with E-state index in [0.717, 1.165) is 11.6 Å². The molecule has 141 valence electrons. The second kappa shape index (κ2) is 10.5. The Hall–Kier alpha value is -0.862. The molecule has 0 bridgehead atoms. The highest BCUT2D eigenvalue weighted by Gasteiger charge is 2.40. The van der Waals surface area contributed by atoms with Crippen molar-refractivity contribution >= 4 is 48.5 Å². The van der Waals surface area contributed by atoms with E-state index >= 15 is 0 Å². The van der Waals surface area contributed by atoms with Crippen molar-refractivity contribution in [2.24, 2.45) is 0 Å². The van der Waals surface area contributed by atoms with Crippen LogP contribution in [0, 0.1) is 0 Å². The quantitative estimate of drug-likeness (QED) is 0.302. The minimum atomic E-state index is -2.37. The van der Waals surface area contributed by atoms with E-state index in [2.05, 4.69) is 0 Å². The average Bonchev–Trinajstić information content (AvgIpc) is 2.56. The Morgan fingerprint density at radius 2 is 1.69 bits per heavy atom. The summed E-state index contributed by atoms with van der Waals surface area (Å²) in [5.74, 6) is -0.342. The lowest BCUT2D eigenvalue weighted by atomic mass is 10.2. The minimum absolute atomic E-state index is 0.342. The molecule has 0 unspecified atom stereocenters. The molecule has 0 aliphatic carbocycles. The number of rotatable bonds is 6. The maximum absolute atomic E-state index is 11.8. The predicted octanol–water partition coefficient (Wildman–Crippen LogP) is 3.14. The topological polar surface area (TPSA) is 63.2 Å². The van der Waals surface area contributed by atoms with Crippen LogP contribution in [0.5, 0.6) is 0 Å². The van der Waals surface area contributed by atoms with E-state index in [1.54, 1.807) is 6.08 Å². The summed E-state index contributed by atoms with van der Waals surface area (Å²) in [4.78, 5) is 11.8. The molecule has 1 heterocycles. The van der Waals surface area contributed by atoms with E-state index in [9.17, 15) is 4.79 Å². The van der Waals surface area contributed by atoms with Gasteiger partial charge in [-0.25, -0.2) is 4.79 Å². The minimum Gasteiger partial charge on any atom is -0.463 e. The molecule has 1 saturated heterocycles. The fourth-order valence-corrected chi connectivity index (χ4v) is 14.4. The third kappa shape index (κ3) is 7.80. The van der Waals surface area contributed by atoms with Crippen LogP contribution in [0.15, 0.2) is 36.4 Å². The SMILES string of the molecule is C[Si]1O[Si](C)O[Si](C)(CCCOC(=O)/C=C/c2ccccc2)O[Si](C)O1. The van der Waals surface area contributed by atoms with Gasteiger partial charge in [-0.2, -0.15) is 0 Å². The zero-order valence-electron chi connectivity index (χ0n) is 15.6. The largest absolute Gasteiger partial charge is 0.463 e. The van der Waals surface area contributed by atoms with Gasteiger partial charge < -0.3 is 21.2 Å². The number of hydrogen-bond donors (Lipinski definition) is 0. The van der Waals surface area contributed by atoms with Crippen molar-refractivity contribution in [1.82, 2.24) is 0 Å². The number of carbonyl (C=O) groups excluding carboxylic acids is 1. The molecule has 1 aromatic rings. The Labute approximate surface area is 161 Å². The van der Waals surface area contributed by atoms with Crippen LogP contribution in [0.1, 0.15) is 12.0 Å². The summed E-state index contributed by atoms with van der Waals surface area (Å²) in [6.45, 7) is 8.28. The lowest BCUT2D eigenvalue weighted by Gasteiger charge is -2.35. The lowest BCUT2D eigenvalue weighted by Crippen LogP contribution is -2.53. The first-order valence-electron chi connectivity index (χ1n) is 8.50. The molecule has 1 fully saturated rings. The number of hydrogen-bond acceptors (Lipinski definition) is 6. The van der Waals surface area contributed by atoms with Crippen LogP contribution < -0.4 is 0 Å². The van der Waals surface area contributed by atoms with E-state index in [1.165, 1.54) is 6.08 Å². The third-order valence-corrected chi connectivity index (χ3v) is 15.1. The normalized spacial score (nSPS) is 20.0. The summed E-state index contributed by atoms with van der Waals surface area (Å²) in [6.07, 6.45) is 3.89. The van der Waals surface area contributed by atoms with E-state index in [4.69, 9.17) is 21.2 Å². The first kappa shape index (κ1) is 21.4. The summed E-state index contributed by atoms with van der Waals surface area (Å²) >= 11 is 0. The second-order valence-corrected chi connectivity index (χ2v) is 15.0. The molecule has 10 heteroatoms. The molecule has 0 amide bonds. The van der Waals surface area contributed by atoms with Crippen LogP contribution in [0.4, 0.5) is 0 Å². The van der Waals surface area contributed by atoms with Gasteiger partial charge in [-0.05, 0) is 50.3 Å². The second-order valence-electron chi connectivity index (χ2n) is 6.03. The monoisotopic (exact) mass is 425 g/mol. The van der Waals surface area contributed by atoms with Crippen molar-refractivity contribution in [3.05, 3.63) is 42.0 Å². The molecule has 0 aromatic heterocycles. The molecule has 0 saturated carbocycles. The first-order chi connectivity index (χ1) is 12.4. The summed E-state index contributed by atoms with van der Waals surface area (Å²) in [5, 5.41) is 0. The Balaban J connectivity index is 1.75. The van der Waals surface area contributed by atoms with Crippen molar-refractivity contribution in [2.45, 2.75) is 38.7 Å². The molecule has 3 radical (unpaired) electrons. The summed E-state index contributed by atoms with van der Waals surface area (Å²) < 4.78 is 29.2. The molecule has 0 atom stereocenters. The number of benzene rings is 1. The van der Waals surface area contributed by atoms with Crippen molar-refractivity contribution < 1.29 is 26.0 Å². The van der Waals surface area contributed by atoms with Crippen LogP contribution in [-0.2, 0) is 26.0 Å². The number of ether oxygens (including phenoxy) is 1. The highest BCUT2D eigenvalue weighted by atomic mass is 28.5. The van der Waals surface area contributed by atoms with Gasteiger partial charge in [0.15, 0.2) is 0 Å². The fraction of sp³-hybridized carbons (Fsp3) is 0.438. The molecule has 0 N–H and O–H groups in total.